The Hall–Kier alpha value is -1.11. The molecule has 0 aliphatic carbocycles. The van der Waals surface area contributed by atoms with Crippen LogP contribution in [0, 0.1) is 27.7 Å². The van der Waals surface area contributed by atoms with Crippen molar-refractivity contribution in [2.75, 3.05) is 0 Å². The highest BCUT2D eigenvalue weighted by molar-refractivity contribution is 7.98. The van der Waals surface area contributed by atoms with Crippen molar-refractivity contribution in [1.82, 2.24) is 15.0 Å². The molecule has 0 radical (unpaired) electrons. The van der Waals surface area contributed by atoms with E-state index in [0.29, 0.717) is 22.0 Å². The van der Waals surface area contributed by atoms with E-state index in [0.717, 1.165) is 27.2 Å². The van der Waals surface area contributed by atoms with Gasteiger partial charge in [0.15, 0.2) is 0 Å². The zero-order chi connectivity index (χ0) is 15.1. The van der Waals surface area contributed by atoms with Crippen LogP contribution < -0.4 is 0 Å². The molecule has 3 heterocycles. The lowest BCUT2D eigenvalue weighted by atomic mass is 10.2. The van der Waals surface area contributed by atoms with Gasteiger partial charge in [-0.3, -0.25) is 0 Å². The molecule has 0 N–H and O–H groups in total. The first-order chi connectivity index (χ1) is 9.95. The fourth-order valence-corrected chi connectivity index (χ4v) is 4.14. The summed E-state index contributed by atoms with van der Waals surface area (Å²) in [6, 6.07) is 0. The van der Waals surface area contributed by atoms with Crippen LogP contribution in [-0.4, -0.2) is 15.0 Å². The minimum absolute atomic E-state index is 0.525. The Morgan fingerprint density at radius 3 is 2.57 bits per heavy atom. The lowest BCUT2D eigenvalue weighted by Crippen LogP contribution is -1.93. The monoisotopic (exact) mass is 339 g/mol. The van der Waals surface area contributed by atoms with E-state index in [1.165, 1.54) is 16.6 Å². The Bertz CT molecular complexity index is 806. The summed E-state index contributed by atoms with van der Waals surface area (Å²) in [5.74, 6) is 2.13. The summed E-state index contributed by atoms with van der Waals surface area (Å²) < 4.78 is 5.54. The molecule has 0 unspecified atom stereocenters. The Morgan fingerprint density at radius 2 is 1.90 bits per heavy atom. The Morgan fingerprint density at radius 1 is 1.14 bits per heavy atom. The molecule has 7 heteroatoms. The summed E-state index contributed by atoms with van der Waals surface area (Å²) >= 11 is 9.43. The number of thiophene rings is 1. The van der Waals surface area contributed by atoms with Crippen LogP contribution in [-0.2, 0) is 5.75 Å². The van der Waals surface area contributed by atoms with Crippen LogP contribution in [0.3, 0.4) is 0 Å². The van der Waals surface area contributed by atoms with E-state index in [2.05, 4.69) is 28.8 Å². The Labute approximate surface area is 136 Å². The lowest BCUT2D eigenvalue weighted by molar-refractivity contribution is 0.431. The minimum atomic E-state index is 0.525. The number of nitrogens with zero attached hydrogens (tertiary/aromatic N) is 3. The molecule has 0 aliphatic rings. The average Bonchev–Trinajstić information content (AvgIpc) is 2.88. The molecule has 0 aromatic carbocycles. The second-order valence-electron chi connectivity index (χ2n) is 4.80. The molecule has 4 nitrogen and oxygen atoms in total. The fourth-order valence-electron chi connectivity index (χ4n) is 1.94. The zero-order valence-electron chi connectivity index (χ0n) is 12.2. The zero-order valence-corrected chi connectivity index (χ0v) is 14.5. The van der Waals surface area contributed by atoms with Gasteiger partial charge in [0.1, 0.15) is 21.6 Å². The van der Waals surface area contributed by atoms with E-state index in [1.54, 1.807) is 11.3 Å². The van der Waals surface area contributed by atoms with Gasteiger partial charge in [-0.15, -0.1) is 11.3 Å². The van der Waals surface area contributed by atoms with Gasteiger partial charge in [-0.25, -0.2) is 15.0 Å². The normalized spacial score (nSPS) is 11.5. The molecule has 21 heavy (non-hydrogen) atoms. The second-order valence-corrected chi connectivity index (χ2v) is 7.29. The van der Waals surface area contributed by atoms with Gasteiger partial charge >= 0.3 is 0 Å². The summed E-state index contributed by atoms with van der Waals surface area (Å²) in [4.78, 5) is 15.5. The highest BCUT2D eigenvalue weighted by atomic mass is 35.5. The quantitative estimate of drug-likeness (QED) is 0.504. The van der Waals surface area contributed by atoms with Gasteiger partial charge in [0, 0.05) is 4.88 Å². The number of halogens is 1. The van der Waals surface area contributed by atoms with Gasteiger partial charge in [0.2, 0.25) is 0 Å². The standard InChI is InChI=1S/C14H14ClN3OS2/c1-6-9(4)21-13-11(6)12(15)17-10(18-13)5-20-14-16-7(2)8(3)19-14/h5H2,1-4H3. The van der Waals surface area contributed by atoms with Gasteiger partial charge in [-0.2, -0.15) is 0 Å². The first kappa shape index (κ1) is 14.8. The van der Waals surface area contributed by atoms with Crippen molar-refractivity contribution in [2.45, 2.75) is 38.7 Å². The topological polar surface area (TPSA) is 51.8 Å². The van der Waals surface area contributed by atoms with Crippen molar-refractivity contribution in [3.63, 3.8) is 0 Å². The molecule has 3 rings (SSSR count). The predicted octanol–water partition coefficient (Wildman–Crippen LogP) is 4.86. The van der Waals surface area contributed by atoms with Crippen LogP contribution in [0.1, 0.15) is 27.7 Å². The van der Waals surface area contributed by atoms with E-state index in [1.807, 2.05) is 13.8 Å². The number of hydrogen-bond donors (Lipinski definition) is 0. The first-order valence-corrected chi connectivity index (χ1v) is 8.62. The summed E-state index contributed by atoms with van der Waals surface area (Å²) in [5.41, 5.74) is 2.08. The Balaban J connectivity index is 1.87. The minimum Gasteiger partial charge on any atom is -0.437 e. The third-order valence-electron chi connectivity index (χ3n) is 3.36. The van der Waals surface area contributed by atoms with Gasteiger partial charge in [-0.05, 0) is 33.3 Å². The summed E-state index contributed by atoms with van der Waals surface area (Å²) in [7, 11) is 0. The van der Waals surface area contributed by atoms with Crippen molar-refractivity contribution in [1.29, 1.82) is 0 Å². The van der Waals surface area contributed by atoms with E-state index >= 15 is 0 Å². The van der Waals surface area contributed by atoms with Crippen LogP contribution >= 0.6 is 34.7 Å². The van der Waals surface area contributed by atoms with Crippen LogP contribution in [0.2, 0.25) is 5.15 Å². The summed E-state index contributed by atoms with van der Waals surface area (Å²) in [6.45, 7) is 7.96. The molecule has 0 aliphatic heterocycles. The predicted molar refractivity (Wildman–Crippen MR) is 87.4 cm³/mol. The van der Waals surface area contributed by atoms with Crippen molar-refractivity contribution in [3.8, 4) is 0 Å². The number of hydrogen-bond acceptors (Lipinski definition) is 6. The van der Waals surface area contributed by atoms with E-state index in [4.69, 9.17) is 16.0 Å². The third-order valence-corrected chi connectivity index (χ3v) is 5.56. The SMILES string of the molecule is Cc1nc(SCc2nc(Cl)c3c(C)c(C)sc3n2)oc1C. The molecule has 0 bridgehead atoms. The number of aryl methyl sites for hydroxylation is 4. The third kappa shape index (κ3) is 2.80. The number of oxazole rings is 1. The van der Waals surface area contributed by atoms with Gasteiger partial charge in [-0.1, -0.05) is 23.4 Å². The smallest absolute Gasteiger partial charge is 0.256 e. The molecule has 0 fully saturated rings. The maximum atomic E-state index is 6.30. The van der Waals surface area contributed by atoms with Crippen LogP contribution in [0.15, 0.2) is 9.64 Å². The number of thioether (sulfide) groups is 1. The number of fused-ring (bicyclic) bond motifs is 1. The highest BCUT2D eigenvalue weighted by Gasteiger charge is 2.14. The fraction of sp³-hybridized carbons (Fsp3) is 0.357. The van der Waals surface area contributed by atoms with E-state index < -0.39 is 0 Å². The van der Waals surface area contributed by atoms with Crippen LogP contribution in [0.25, 0.3) is 10.2 Å². The van der Waals surface area contributed by atoms with Gasteiger partial charge in [0.25, 0.3) is 5.22 Å². The number of rotatable bonds is 3. The molecular formula is C14H14ClN3OS2. The van der Waals surface area contributed by atoms with Crippen molar-refractivity contribution in [2.24, 2.45) is 0 Å². The molecule has 0 saturated carbocycles. The largest absolute Gasteiger partial charge is 0.437 e. The number of aromatic nitrogens is 3. The van der Waals surface area contributed by atoms with Gasteiger partial charge in [0.05, 0.1) is 16.8 Å². The molecule has 3 aromatic heterocycles. The molecule has 110 valence electrons. The molecular weight excluding hydrogens is 326 g/mol. The van der Waals surface area contributed by atoms with Crippen molar-refractivity contribution in [3.05, 3.63) is 32.9 Å². The van der Waals surface area contributed by atoms with Crippen LogP contribution in [0.5, 0.6) is 0 Å². The molecule has 0 spiro atoms. The van der Waals surface area contributed by atoms with Crippen molar-refractivity contribution < 1.29 is 4.42 Å². The molecule has 3 aromatic rings. The highest BCUT2D eigenvalue weighted by Crippen LogP contribution is 2.33. The van der Waals surface area contributed by atoms with Crippen molar-refractivity contribution >= 4 is 44.9 Å². The van der Waals surface area contributed by atoms with Crippen LogP contribution in [0.4, 0.5) is 0 Å². The second kappa shape index (κ2) is 5.59. The van der Waals surface area contributed by atoms with E-state index in [-0.39, 0.29) is 0 Å². The maximum Gasteiger partial charge on any atom is 0.256 e. The van der Waals surface area contributed by atoms with Gasteiger partial charge < -0.3 is 4.42 Å². The molecule has 0 amide bonds. The summed E-state index contributed by atoms with van der Waals surface area (Å²) in [6.07, 6.45) is 0. The molecule has 0 atom stereocenters. The molecule has 0 saturated heterocycles. The lowest BCUT2D eigenvalue weighted by Gasteiger charge is -2.00. The van der Waals surface area contributed by atoms with E-state index in [9.17, 15) is 0 Å². The average molecular weight is 340 g/mol. The summed E-state index contributed by atoms with van der Waals surface area (Å²) in [5, 5.41) is 2.14. The Kier molecular flexibility index (Phi) is 3.94. The maximum absolute atomic E-state index is 6.30. The first-order valence-electron chi connectivity index (χ1n) is 6.44.